The van der Waals surface area contributed by atoms with Crippen LogP contribution in [0.5, 0.6) is 0 Å². The van der Waals surface area contributed by atoms with Gasteiger partial charge in [-0.05, 0) is 45.6 Å². The summed E-state index contributed by atoms with van der Waals surface area (Å²) in [7, 11) is 1.92. The van der Waals surface area contributed by atoms with E-state index in [1.165, 1.54) is 5.56 Å². The molecule has 0 aliphatic heterocycles. The predicted molar refractivity (Wildman–Crippen MR) is 91.2 cm³/mol. The fourth-order valence-corrected chi connectivity index (χ4v) is 3.67. The smallest absolute Gasteiger partial charge is 0.228 e. The molecular weight excluding hydrogens is 286 g/mol. The fourth-order valence-electron chi connectivity index (χ4n) is 3.67. The van der Waals surface area contributed by atoms with E-state index >= 15 is 0 Å². The highest BCUT2D eigenvalue weighted by Gasteiger charge is 2.41. The highest BCUT2D eigenvalue weighted by molar-refractivity contribution is 5.84. The molecule has 1 aromatic carbocycles. The first-order valence-corrected chi connectivity index (χ1v) is 8.32. The van der Waals surface area contributed by atoms with Gasteiger partial charge in [-0.1, -0.05) is 30.3 Å². The normalized spacial score (nSPS) is 17.4. The zero-order valence-corrected chi connectivity index (χ0v) is 14.4. The van der Waals surface area contributed by atoms with Crippen LogP contribution < -0.4 is 5.32 Å². The molecular formula is C19H25N3O. The van der Waals surface area contributed by atoms with Crippen LogP contribution in [-0.2, 0) is 17.4 Å². The van der Waals surface area contributed by atoms with Crippen LogP contribution in [0.15, 0.2) is 30.3 Å². The highest BCUT2D eigenvalue weighted by Crippen LogP contribution is 2.41. The second kappa shape index (κ2) is 5.84. The monoisotopic (exact) mass is 311 g/mol. The molecule has 0 spiro atoms. The molecule has 1 heterocycles. The van der Waals surface area contributed by atoms with E-state index in [2.05, 4.69) is 22.5 Å². The van der Waals surface area contributed by atoms with Gasteiger partial charge in [-0.15, -0.1) is 0 Å². The molecule has 0 bridgehead atoms. The van der Waals surface area contributed by atoms with E-state index in [0.717, 1.165) is 36.2 Å². The molecule has 0 unspecified atom stereocenters. The Bertz CT molecular complexity index is 714. The van der Waals surface area contributed by atoms with Gasteiger partial charge in [0.25, 0.3) is 0 Å². The van der Waals surface area contributed by atoms with Crippen LogP contribution >= 0.6 is 0 Å². The number of aryl methyl sites for hydroxylation is 2. The van der Waals surface area contributed by atoms with Crippen molar-refractivity contribution in [1.29, 1.82) is 0 Å². The summed E-state index contributed by atoms with van der Waals surface area (Å²) < 4.78 is 1.85. The molecule has 3 rings (SSSR count). The van der Waals surface area contributed by atoms with Crippen LogP contribution in [0.3, 0.4) is 0 Å². The summed E-state index contributed by atoms with van der Waals surface area (Å²) in [5, 5.41) is 7.77. The lowest BCUT2D eigenvalue weighted by Gasteiger charge is -2.43. The average Bonchev–Trinajstić information content (AvgIpc) is 2.76. The molecule has 1 fully saturated rings. The van der Waals surface area contributed by atoms with Gasteiger partial charge in [-0.3, -0.25) is 9.48 Å². The minimum absolute atomic E-state index is 0.0905. The standard InChI is InChI=1S/C19H25N3O/c1-13(17-14(2)21-22(4)15(17)3)18(23)20-19(11-8-12-19)16-9-6-5-7-10-16/h5-7,9-10,13H,8,11-12H2,1-4H3,(H,20,23)/t13-/m1/s1. The Morgan fingerprint density at radius 2 is 1.91 bits per heavy atom. The molecule has 23 heavy (non-hydrogen) atoms. The molecule has 4 heteroatoms. The quantitative estimate of drug-likeness (QED) is 0.941. The first-order valence-electron chi connectivity index (χ1n) is 8.32. The third-order valence-corrected chi connectivity index (χ3v) is 5.29. The van der Waals surface area contributed by atoms with Crippen LogP contribution in [0.2, 0.25) is 0 Å². The van der Waals surface area contributed by atoms with Crippen LogP contribution in [-0.4, -0.2) is 15.7 Å². The maximum absolute atomic E-state index is 12.9. The molecule has 122 valence electrons. The number of hydrogen-bond acceptors (Lipinski definition) is 2. The van der Waals surface area contributed by atoms with Crippen LogP contribution in [0, 0.1) is 13.8 Å². The van der Waals surface area contributed by atoms with E-state index < -0.39 is 0 Å². The molecule has 1 aliphatic carbocycles. The van der Waals surface area contributed by atoms with Crippen molar-refractivity contribution in [2.24, 2.45) is 7.05 Å². The average molecular weight is 311 g/mol. The van der Waals surface area contributed by atoms with Crippen molar-refractivity contribution in [2.75, 3.05) is 0 Å². The summed E-state index contributed by atoms with van der Waals surface area (Å²) in [5.41, 5.74) is 4.08. The third kappa shape index (κ3) is 2.67. The van der Waals surface area contributed by atoms with Gasteiger partial charge < -0.3 is 5.32 Å². The maximum atomic E-state index is 12.9. The molecule has 0 saturated heterocycles. The molecule has 1 amide bonds. The molecule has 1 N–H and O–H groups in total. The first kappa shape index (κ1) is 15.8. The Balaban J connectivity index is 1.83. The van der Waals surface area contributed by atoms with Gasteiger partial charge in [0, 0.05) is 18.3 Å². The predicted octanol–water partition coefficient (Wildman–Crippen LogP) is 3.34. The molecule has 1 aliphatic rings. The number of benzene rings is 1. The number of nitrogens with zero attached hydrogens (tertiary/aromatic N) is 2. The van der Waals surface area contributed by atoms with E-state index in [0.29, 0.717) is 0 Å². The lowest BCUT2D eigenvalue weighted by molar-refractivity contribution is -0.125. The Labute approximate surface area is 137 Å². The van der Waals surface area contributed by atoms with Crippen molar-refractivity contribution >= 4 is 5.91 Å². The summed E-state index contributed by atoms with van der Waals surface area (Å²) in [6.45, 7) is 5.97. The van der Waals surface area contributed by atoms with Gasteiger partial charge in [0.05, 0.1) is 17.2 Å². The van der Waals surface area contributed by atoms with E-state index in [4.69, 9.17) is 0 Å². The number of aromatic nitrogens is 2. The number of carbonyl (C=O) groups is 1. The number of hydrogen-bond donors (Lipinski definition) is 1. The molecule has 1 aromatic heterocycles. The summed E-state index contributed by atoms with van der Waals surface area (Å²) >= 11 is 0. The Morgan fingerprint density at radius 3 is 2.39 bits per heavy atom. The number of nitrogens with one attached hydrogen (secondary N) is 1. The number of rotatable bonds is 4. The van der Waals surface area contributed by atoms with Gasteiger partial charge in [0.2, 0.25) is 5.91 Å². The first-order chi connectivity index (χ1) is 10.9. The lowest BCUT2D eigenvalue weighted by atomic mass is 9.71. The topological polar surface area (TPSA) is 46.9 Å². The minimum Gasteiger partial charge on any atom is -0.346 e. The van der Waals surface area contributed by atoms with Gasteiger partial charge in [0.15, 0.2) is 0 Å². The zero-order chi connectivity index (χ0) is 16.6. The summed E-state index contributed by atoms with van der Waals surface area (Å²) in [4.78, 5) is 12.9. The number of carbonyl (C=O) groups excluding carboxylic acids is 1. The lowest BCUT2D eigenvalue weighted by Crippen LogP contribution is -2.51. The van der Waals surface area contributed by atoms with Crippen molar-refractivity contribution in [3.8, 4) is 0 Å². The van der Waals surface area contributed by atoms with Crippen LogP contribution in [0.4, 0.5) is 0 Å². The number of amides is 1. The second-order valence-electron chi connectivity index (χ2n) is 6.72. The van der Waals surface area contributed by atoms with E-state index in [1.54, 1.807) is 0 Å². The van der Waals surface area contributed by atoms with E-state index in [1.807, 2.05) is 50.7 Å². The van der Waals surface area contributed by atoms with Crippen molar-refractivity contribution in [3.63, 3.8) is 0 Å². The van der Waals surface area contributed by atoms with Gasteiger partial charge in [-0.25, -0.2) is 0 Å². The molecule has 4 nitrogen and oxygen atoms in total. The van der Waals surface area contributed by atoms with E-state index in [-0.39, 0.29) is 17.4 Å². The van der Waals surface area contributed by atoms with Gasteiger partial charge >= 0.3 is 0 Å². The van der Waals surface area contributed by atoms with Crippen molar-refractivity contribution in [2.45, 2.75) is 51.5 Å². The SMILES string of the molecule is Cc1nn(C)c(C)c1[C@@H](C)C(=O)NC1(c2ccccc2)CCC1. The van der Waals surface area contributed by atoms with Crippen LogP contribution in [0.1, 0.15) is 54.6 Å². The summed E-state index contributed by atoms with van der Waals surface area (Å²) in [6, 6.07) is 10.3. The Kier molecular flexibility index (Phi) is 4.00. The molecule has 2 aromatic rings. The summed E-state index contributed by atoms with van der Waals surface area (Å²) in [6.07, 6.45) is 3.19. The molecule has 1 atom stereocenters. The van der Waals surface area contributed by atoms with Crippen LogP contribution in [0.25, 0.3) is 0 Å². The highest BCUT2D eigenvalue weighted by atomic mass is 16.2. The fraction of sp³-hybridized carbons (Fsp3) is 0.474. The van der Waals surface area contributed by atoms with Crippen molar-refractivity contribution in [3.05, 3.63) is 52.8 Å². The Morgan fingerprint density at radius 1 is 1.26 bits per heavy atom. The Hall–Kier alpha value is -2.10. The summed E-state index contributed by atoms with van der Waals surface area (Å²) in [5.74, 6) is -0.0994. The largest absolute Gasteiger partial charge is 0.346 e. The maximum Gasteiger partial charge on any atom is 0.228 e. The third-order valence-electron chi connectivity index (χ3n) is 5.29. The van der Waals surface area contributed by atoms with Crippen molar-refractivity contribution in [1.82, 2.24) is 15.1 Å². The molecule has 0 radical (unpaired) electrons. The minimum atomic E-state index is -0.190. The van der Waals surface area contributed by atoms with E-state index in [9.17, 15) is 4.79 Å². The molecule has 1 saturated carbocycles. The van der Waals surface area contributed by atoms with Gasteiger partial charge in [0.1, 0.15) is 0 Å². The second-order valence-corrected chi connectivity index (χ2v) is 6.72. The van der Waals surface area contributed by atoms with Crippen molar-refractivity contribution < 1.29 is 4.79 Å². The van der Waals surface area contributed by atoms with Gasteiger partial charge in [-0.2, -0.15) is 5.10 Å². The zero-order valence-electron chi connectivity index (χ0n) is 14.4.